The molecular formula is C33H23ClF2N4O6S2. The fourth-order valence-corrected chi connectivity index (χ4v) is 7.45. The van der Waals surface area contributed by atoms with E-state index in [2.05, 4.69) is 9.71 Å². The number of hydrogen-bond acceptors (Lipinski definition) is 6. The first-order valence-electron chi connectivity index (χ1n) is 14.0. The maximum Gasteiger partial charge on any atom is 0.282 e. The zero-order valence-electron chi connectivity index (χ0n) is 24.4. The van der Waals surface area contributed by atoms with Gasteiger partial charge in [0.05, 0.1) is 22.0 Å². The highest BCUT2D eigenvalue weighted by Gasteiger charge is 2.29. The van der Waals surface area contributed by atoms with Crippen LogP contribution in [0.25, 0.3) is 22.0 Å². The molecule has 0 aliphatic carbocycles. The molecule has 6 rings (SSSR count). The van der Waals surface area contributed by atoms with Crippen LogP contribution in [-0.2, 0) is 26.6 Å². The largest absolute Gasteiger partial charge is 0.331 e. The number of aromatic nitrogens is 2. The number of benzene rings is 4. The van der Waals surface area contributed by atoms with Gasteiger partial charge >= 0.3 is 0 Å². The number of sulfonamides is 2. The highest BCUT2D eigenvalue weighted by molar-refractivity contribution is 7.92. The van der Waals surface area contributed by atoms with E-state index in [1.807, 2.05) is 4.72 Å². The Morgan fingerprint density at radius 3 is 2.29 bits per heavy atom. The lowest BCUT2D eigenvalue weighted by Gasteiger charge is -2.14. The second-order valence-electron chi connectivity index (χ2n) is 10.5. The number of aromatic amines is 1. The van der Waals surface area contributed by atoms with E-state index >= 15 is 0 Å². The maximum atomic E-state index is 14.9. The zero-order chi connectivity index (χ0) is 34.2. The topological polar surface area (TPSA) is 147 Å². The number of halogens is 3. The van der Waals surface area contributed by atoms with Crippen LogP contribution in [0.4, 0.5) is 14.5 Å². The lowest BCUT2D eigenvalue weighted by atomic mass is 10.0. The molecule has 0 unspecified atom stereocenters. The summed E-state index contributed by atoms with van der Waals surface area (Å²) in [4.78, 5) is 29.2. The number of H-pyrrole nitrogens is 1. The van der Waals surface area contributed by atoms with Crippen molar-refractivity contribution in [3.8, 4) is 11.1 Å². The predicted octanol–water partition coefficient (Wildman–Crippen LogP) is 5.90. The molecule has 244 valence electrons. The SMILES string of the molecule is O=C(NS(=O)(=O)c1cccc(NS(=O)(=O)c2ccccc2)c1)c1c(-c2ccc[nH]c2=O)c2cc(Cl)ccc2n1Cc1ccc(F)cc1F. The molecule has 10 nitrogen and oxygen atoms in total. The van der Waals surface area contributed by atoms with Crippen molar-refractivity contribution in [2.24, 2.45) is 0 Å². The van der Waals surface area contributed by atoms with Gasteiger partial charge < -0.3 is 9.55 Å². The van der Waals surface area contributed by atoms with Crippen LogP contribution in [0.15, 0.2) is 124 Å². The number of nitrogens with one attached hydrogen (secondary N) is 3. The third-order valence-electron chi connectivity index (χ3n) is 7.35. The van der Waals surface area contributed by atoms with Gasteiger partial charge in [-0.1, -0.05) is 41.9 Å². The molecule has 15 heteroatoms. The Morgan fingerprint density at radius 1 is 0.812 bits per heavy atom. The zero-order valence-corrected chi connectivity index (χ0v) is 26.8. The fourth-order valence-electron chi connectivity index (χ4n) is 5.21. The summed E-state index contributed by atoms with van der Waals surface area (Å²) in [6.45, 7) is -0.367. The molecule has 3 N–H and O–H groups in total. The van der Waals surface area contributed by atoms with E-state index in [1.165, 1.54) is 83.6 Å². The minimum absolute atomic E-state index is 0.00828. The molecule has 0 atom stereocenters. The minimum Gasteiger partial charge on any atom is -0.331 e. The Kier molecular flexibility index (Phi) is 8.64. The van der Waals surface area contributed by atoms with E-state index in [0.29, 0.717) is 11.6 Å². The number of rotatable bonds is 9. The van der Waals surface area contributed by atoms with Crippen LogP contribution in [0, 0.1) is 11.6 Å². The van der Waals surface area contributed by atoms with E-state index in [-0.39, 0.29) is 49.9 Å². The summed E-state index contributed by atoms with van der Waals surface area (Å²) < 4.78 is 87.2. The Balaban J connectivity index is 1.46. The summed E-state index contributed by atoms with van der Waals surface area (Å²) >= 11 is 6.31. The highest BCUT2D eigenvalue weighted by Crippen LogP contribution is 2.36. The predicted molar refractivity (Wildman–Crippen MR) is 177 cm³/mol. The fraction of sp³-hybridized carbons (Fsp3) is 0.0303. The van der Waals surface area contributed by atoms with Crippen molar-refractivity contribution >= 4 is 54.1 Å². The average molecular weight is 709 g/mol. The quantitative estimate of drug-likeness (QED) is 0.171. The Labute approximate surface area is 277 Å². The molecule has 0 radical (unpaired) electrons. The number of hydrogen-bond donors (Lipinski definition) is 3. The number of amides is 1. The summed E-state index contributed by atoms with van der Waals surface area (Å²) in [5.41, 5.74) is -0.788. The van der Waals surface area contributed by atoms with Crippen molar-refractivity contribution in [1.82, 2.24) is 14.3 Å². The summed E-state index contributed by atoms with van der Waals surface area (Å²) in [6.07, 6.45) is 1.37. The summed E-state index contributed by atoms with van der Waals surface area (Å²) in [6, 6.07) is 22.5. The Bertz CT molecular complexity index is 2500. The Morgan fingerprint density at radius 2 is 1.56 bits per heavy atom. The lowest BCUT2D eigenvalue weighted by Crippen LogP contribution is -2.33. The van der Waals surface area contributed by atoms with Crippen LogP contribution >= 0.6 is 11.6 Å². The standard InChI is InChI=1S/C33H23ClF2N4O6S2/c34-21-12-14-29-27(16-21)30(26-10-5-15-37-32(26)41)31(40(29)19-20-11-13-22(35)17-28(20)36)33(42)39-48(45,46)25-9-4-6-23(18-25)38-47(43,44)24-7-2-1-3-8-24/h1-18,38H,19H2,(H,37,41)(H,39,42). The van der Waals surface area contributed by atoms with Crippen LogP contribution in [0.3, 0.4) is 0 Å². The first-order valence-corrected chi connectivity index (χ1v) is 17.4. The molecule has 0 aliphatic heterocycles. The molecule has 0 fully saturated rings. The van der Waals surface area contributed by atoms with Crippen molar-refractivity contribution in [1.29, 1.82) is 0 Å². The van der Waals surface area contributed by atoms with Crippen molar-refractivity contribution in [2.45, 2.75) is 16.3 Å². The van der Waals surface area contributed by atoms with Crippen LogP contribution < -0.4 is 15.0 Å². The van der Waals surface area contributed by atoms with Gasteiger partial charge in [-0.3, -0.25) is 14.3 Å². The molecule has 0 saturated heterocycles. The van der Waals surface area contributed by atoms with Crippen LogP contribution in [0.1, 0.15) is 16.1 Å². The van der Waals surface area contributed by atoms with Gasteiger partial charge in [-0.05, 0) is 66.7 Å². The normalized spacial score (nSPS) is 11.8. The van der Waals surface area contributed by atoms with Gasteiger partial charge in [-0.2, -0.15) is 0 Å². The second kappa shape index (κ2) is 12.7. The number of carbonyl (C=O) groups excluding carboxylic acids is 1. The van der Waals surface area contributed by atoms with Crippen molar-refractivity contribution in [2.75, 3.05) is 4.72 Å². The summed E-state index contributed by atoms with van der Waals surface area (Å²) in [5.74, 6) is -2.94. The summed E-state index contributed by atoms with van der Waals surface area (Å²) in [5, 5.41) is 0.511. The van der Waals surface area contributed by atoms with Gasteiger partial charge in [-0.15, -0.1) is 0 Å². The van der Waals surface area contributed by atoms with Crippen LogP contribution in [-0.4, -0.2) is 32.3 Å². The molecular weight excluding hydrogens is 686 g/mol. The van der Waals surface area contributed by atoms with Crippen molar-refractivity contribution in [3.63, 3.8) is 0 Å². The molecule has 48 heavy (non-hydrogen) atoms. The molecule has 0 bridgehead atoms. The minimum atomic E-state index is -4.69. The first-order chi connectivity index (χ1) is 22.8. The maximum absolute atomic E-state index is 14.9. The van der Waals surface area contributed by atoms with Gasteiger partial charge in [0.25, 0.3) is 31.5 Å². The first kappa shape index (κ1) is 32.6. The number of anilines is 1. The smallest absolute Gasteiger partial charge is 0.282 e. The highest BCUT2D eigenvalue weighted by atomic mass is 35.5. The molecule has 2 heterocycles. The molecule has 0 spiro atoms. The van der Waals surface area contributed by atoms with Gasteiger partial charge in [0.15, 0.2) is 0 Å². The van der Waals surface area contributed by atoms with Gasteiger partial charge in [0.2, 0.25) is 0 Å². The third-order valence-corrected chi connectivity index (χ3v) is 10.3. The van der Waals surface area contributed by atoms with Gasteiger partial charge in [-0.25, -0.2) is 30.3 Å². The molecule has 4 aromatic carbocycles. The van der Waals surface area contributed by atoms with Crippen LogP contribution in [0.5, 0.6) is 0 Å². The van der Waals surface area contributed by atoms with Crippen LogP contribution in [0.2, 0.25) is 5.02 Å². The van der Waals surface area contributed by atoms with Crippen molar-refractivity contribution in [3.05, 3.63) is 148 Å². The monoisotopic (exact) mass is 708 g/mol. The van der Waals surface area contributed by atoms with Crippen molar-refractivity contribution < 1.29 is 30.4 Å². The van der Waals surface area contributed by atoms with Gasteiger partial charge in [0, 0.05) is 44.9 Å². The Hall–Kier alpha value is -5.31. The summed E-state index contributed by atoms with van der Waals surface area (Å²) in [7, 11) is -8.77. The third kappa shape index (κ3) is 6.45. The number of pyridine rings is 1. The molecule has 2 aromatic heterocycles. The van der Waals surface area contributed by atoms with E-state index < -0.39 is 48.0 Å². The van der Waals surface area contributed by atoms with E-state index in [9.17, 15) is 35.2 Å². The van der Waals surface area contributed by atoms with Gasteiger partial charge in [0.1, 0.15) is 17.3 Å². The number of nitrogens with zero attached hydrogens (tertiary/aromatic N) is 1. The molecule has 0 aliphatic rings. The second-order valence-corrected chi connectivity index (χ2v) is 14.3. The molecule has 6 aromatic rings. The average Bonchev–Trinajstić information content (AvgIpc) is 3.35. The number of carbonyl (C=O) groups is 1. The van der Waals surface area contributed by atoms with E-state index in [0.717, 1.165) is 18.2 Å². The lowest BCUT2D eigenvalue weighted by molar-refractivity contribution is 0.0974. The molecule has 0 saturated carbocycles. The molecule has 1 amide bonds. The van der Waals surface area contributed by atoms with E-state index in [1.54, 1.807) is 6.07 Å². The van der Waals surface area contributed by atoms with E-state index in [4.69, 9.17) is 11.6 Å². The number of fused-ring (bicyclic) bond motifs is 1.